The molecule has 5 nitrogen and oxygen atoms in total. The quantitative estimate of drug-likeness (QED) is 0.670. The summed E-state index contributed by atoms with van der Waals surface area (Å²) in [5.74, 6) is -1.54. The van der Waals surface area contributed by atoms with Crippen LogP contribution in [0.2, 0.25) is 0 Å². The van der Waals surface area contributed by atoms with Crippen molar-refractivity contribution in [2.75, 3.05) is 6.61 Å². The number of cyclic esters (lactones) is 1. The molecule has 1 aliphatic heterocycles. The number of aliphatic hydroxyl groups is 1. The Morgan fingerprint density at radius 2 is 2.20 bits per heavy atom. The molecule has 5 heteroatoms. The number of hydrogen-bond acceptors (Lipinski definition) is 5. The lowest BCUT2D eigenvalue weighted by Gasteiger charge is -2.23. The van der Waals surface area contributed by atoms with Crippen LogP contribution >= 0.6 is 0 Å². The summed E-state index contributed by atoms with van der Waals surface area (Å²) < 4.78 is 9.87. The fraction of sp³-hybridized carbons (Fsp3) is 0.800. The maximum Gasteiger partial charge on any atom is 0.348 e. The Labute approximate surface area is 88.4 Å². The Balaban J connectivity index is 2.63. The minimum Gasteiger partial charge on any atom is -0.457 e. The monoisotopic (exact) mass is 216 g/mol. The van der Waals surface area contributed by atoms with Crippen LogP contribution < -0.4 is 0 Å². The first kappa shape index (κ1) is 12.0. The van der Waals surface area contributed by atoms with Gasteiger partial charge in [0.25, 0.3) is 0 Å². The van der Waals surface area contributed by atoms with Gasteiger partial charge in [-0.3, -0.25) is 4.79 Å². The van der Waals surface area contributed by atoms with Crippen molar-refractivity contribution in [2.24, 2.45) is 5.92 Å². The molecule has 86 valence electrons. The summed E-state index contributed by atoms with van der Waals surface area (Å²) in [5, 5.41) is 8.96. The second-order valence-corrected chi connectivity index (χ2v) is 4.59. The van der Waals surface area contributed by atoms with Crippen LogP contribution in [0, 0.1) is 5.92 Å². The van der Waals surface area contributed by atoms with Gasteiger partial charge < -0.3 is 14.6 Å². The van der Waals surface area contributed by atoms with E-state index >= 15 is 0 Å². The van der Waals surface area contributed by atoms with Gasteiger partial charge in [0.15, 0.2) is 0 Å². The molecule has 0 aromatic carbocycles. The van der Waals surface area contributed by atoms with Gasteiger partial charge in [-0.05, 0) is 20.8 Å². The van der Waals surface area contributed by atoms with E-state index < -0.39 is 29.6 Å². The molecule has 2 atom stereocenters. The van der Waals surface area contributed by atoms with Gasteiger partial charge in [-0.25, -0.2) is 4.79 Å². The third-order valence-corrected chi connectivity index (χ3v) is 1.99. The van der Waals surface area contributed by atoms with Crippen LogP contribution in [-0.4, -0.2) is 35.4 Å². The van der Waals surface area contributed by atoms with Crippen molar-refractivity contribution in [1.82, 2.24) is 0 Å². The molecule has 1 heterocycles. The maximum atomic E-state index is 11.6. The summed E-state index contributed by atoms with van der Waals surface area (Å²) in [7, 11) is 0. The molecule has 0 spiro atoms. The van der Waals surface area contributed by atoms with Gasteiger partial charge >= 0.3 is 11.9 Å². The Morgan fingerprint density at radius 1 is 1.60 bits per heavy atom. The van der Waals surface area contributed by atoms with Crippen molar-refractivity contribution in [1.29, 1.82) is 0 Å². The molecule has 0 aliphatic carbocycles. The van der Waals surface area contributed by atoms with Crippen molar-refractivity contribution < 1.29 is 24.2 Å². The standard InChI is InChI=1S/C10H16O5/c1-10(2,3)15-9(13)8-6(5-11)4-7(12)14-8/h6,8,11H,4-5H2,1-3H3/t6-,8-/m1/s1. The summed E-state index contributed by atoms with van der Waals surface area (Å²) >= 11 is 0. The minimum atomic E-state index is -0.957. The van der Waals surface area contributed by atoms with Crippen molar-refractivity contribution in [3.05, 3.63) is 0 Å². The molecule has 0 unspecified atom stereocenters. The highest BCUT2D eigenvalue weighted by molar-refractivity contribution is 5.83. The second-order valence-electron chi connectivity index (χ2n) is 4.59. The molecule has 1 aliphatic rings. The molecule has 0 aromatic heterocycles. The van der Waals surface area contributed by atoms with E-state index in [-0.39, 0.29) is 13.0 Å². The zero-order valence-electron chi connectivity index (χ0n) is 9.15. The number of carbonyl (C=O) groups is 2. The summed E-state index contributed by atoms with van der Waals surface area (Å²) in [4.78, 5) is 22.5. The van der Waals surface area contributed by atoms with E-state index in [9.17, 15) is 9.59 Å². The van der Waals surface area contributed by atoms with Crippen molar-refractivity contribution >= 4 is 11.9 Å². The van der Waals surface area contributed by atoms with Crippen LogP contribution in [-0.2, 0) is 19.1 Å². The molecule has 15 heavy (non-hydrogen) atoms. The van der Waals surface area contributed by atoms with Crippen molar-refractivity contribution in [2.45, 2.75) is 38.9 Å². The summed E-state index contributed by atoms with van der Waals surface area (Å²) in [5.41, 5.74) is -0.619. The highest BCUT2D eigenvalue weighted by atomic mass is 16.6. The molecular formula is C10H16O5. The van der Waals surface area contributed by atoms with Gasteiger partial charge in [-0.1, -0.05) is 0 Å². The van der Waals surface area contributed by atoms with Crippen LogP contribution in [0.3, 0.4) is 0 Å². The fourth-order valence-corrected chi connectivity index (χ4v) is 1.37. The smallest absolute Gasteiger partial charge is 0.348 e. The zero-order chi connectivity index (χ0) is 11.6. The van der Waals surface area contributed by atoms with Crippen molar-refractivity contribution in [3.8, 4) is 0 Å². The summed E-state index contributed by atoms with van der Waals surface area (Å²) in [6, 6.07) is 0. The summed E-state index contributed by atoms with van der Waals surface area (Å²) in [6.45, 7) is 4.94. The predicted octanol–water partition coefficient (Wildman–Crippen LogP) is 0.252. The number of rotatable bonds is 2. The summed E-state index contributed by atoms with van der Waals surface area (Å²) in [6.07, 6.45) is -0.887. The SMILES string of the molecule is CC(C)(C)OC(=O)[C@@H]1OC(=O)C[C@@H]1CO. The van der Waals surface area contributed by atoms with E-state index in [4.69, 9.17) is 14.6 Å². The lowest BCUT2D eigenvalue weighted by molar-refractivity contribution is -0.172. The van der Waals surface area contributed by atoms with Crippen LogP contribution in [0.1, 0.15) is 27.2 Å². The maximum absolute atomic E-state index is 11.6. The van der Waals surface area contributed by atoms with Crippen LogP contribution in [0.4, 0.5) is 0 Å². The van der Waals surface area contributed by atoms with Gasteiger partial charge in [-0.2, -0.15) is 0 Å². The lowest BCUT2D eigenvalue weighted by Crippen LogP contribution is -2.36. The van der Waals surface area contributed by atoms with E-state index in [2.05, 4.69) is 0 Å². The fourth-order valence-electron chi connectivity index (χ4n) is 1.37. The number of hydrogen-bond donors (Lipinski definition) is 1. The average Bonchev–Trinajstić information content (AvgIpc) is 2.43. The number of carbonyl (C=O) groups excluding carboxylic acids is 2. The van der Waals surface area contributed by atoms with E-state index in [1.807, 2.05) is 0 Å². The first-order chi connectivity index (χ1) is 6.83. The van der Waals surface area contributed by atoms with E-state index in [1.165, 1.54) is 0 Å². The molecule has 0 aromatic rings. The third kappa shape index (κ3) is 3.20. The molecule has 0 saturated carbocycles. The number of ether oxygens (including phenoxy) is 2. The van der Waals surface area contributed by atoms with Crippen molar-refractivity contribution in [3.63, 3.8) is 0 Å². The van der Waals surface area contributed by atoms with Crippen LogP contribution in [0.15, 0.2) is 0 Å². The number of esters is 2. The molecule has 1 saturated heterocycles. The minimum absolute atomic E-state index is 0.0699. The second kappa shape index (κ2) is 4.18. The Kier molecular flexibility index (Phi) is 3.34. The van der Waals surface area contributed by atoms with Gasteiger partial charge in [0.1, 0.15) is 5.60 Å². The van der Waals surface area contributed by atoms with Gasteiger partial charge in [0, 0.05) is 5.92 Å². The first-order valence-corrected chi connectivity index (χ1v) is 4.86. The molecular weight excluding hydrogens is 200 g/mol. The third-order valence-electron chi connectivity index (χ3n) is 1.99. The molecule has 1 N–H and O–H groups in total. The highest BCUT2D eigenvalue weighted by Gasteiger charge is 2.41. The molecule has 0 radical (unpaired) electrons. The zero-order valence-corrected chi connectivity index (χ0v) is 9.15. The molecule has 1 rings (SSSR count). The molecule has 1 fully saturated rings. The van der Waals surface area contributed by atoms with Gasteiger partial charge in [0.2, 0.25) is 6.10 Å². The number of aliphatic hydroxyl groups excluding tert-OH is 1. The van der Waals surface area contributed by atoms with E-state index in [1.54, 1.807) is 20.8 Å². The Hall–Kier alpha value is -1.10. The normalized spacial score (nSPS) is 26.3. The molecule has 0 bridgehead atoms. The van der Waals surface area contributed by atoms with E-state index in [0.717, 1.165) is 0 Å². The Morgan fingerprint density at radius 3 is 2.67 bits per heavy atom. The molecule has 0 amide bonds. The van der Waals surface area contributed by atoms with Crippen LogP contribution in [0.5, 0.6) is 0 Å². The average molecular weight is 216 g/mol. The first-order valence-electron chi connectivity index (χ1n) is 4.86. The van der Waals surface area contributed by atoms with Crippen LogP contribution in [0.25, 0.3) is 0 Å². The predicted molar refractivity (Wildman–Crippen MR) is 50.9 cm³/mol. The van der Waals surface area contributed by atoms with Gasteiger partial charge in [0.05, 0.1) is 13.0 Å². The lowest BCUT2D eigenvalue weighted by atomic mass is 10.0. The Bertz CT molecular complexity index is 265. The van der Waals surface area contributed by atoms with Gasteiger partial charge in [-0.15, -0.1) is 0 Å². The van der Waals surface area contributed by atoms with E-state index in [0.29, 0.717) is 0 Å². The highest BCUT2D eigenvalue weighted by Crippen LogP contribution is 2.24. The largest absolute Gasteiger partial charge is 0.457 e. The topological polar surface area (TPSA) is 72.8 Å².